The topological polar surface area (TPSA) is 179 Å². The van der Waals surface area contributed by atoms with Gasteiger partial charge in [-0.25, -0.2) is 19.8 Å². The van der Waals surface area contributed by atoms with E-state index in [1.807, 2.05) is 6.07 Å². The molecule has 13 heteroatoms. The van der Waals surface area contributed by atoms with Crippen molar-refractivity contribution in [3.63, 3.8) is 0 Å². The van der Waals surface area contributed by atoms with Crippen LogP contribution in [-0.2, 0) is 4.79 Å². The zero-order chi connectivity index (χ0) is 32.6. The number of pyridine rings is 1. The van der Waals surface area contributed by atoms with E-state index < -0.39 is 11.7 Å². The van der Waals surface area contributed by atoms with E-state index in [-0.39, 0.29) is 29.0 Å². The number of hydroxylamine groups is 1. The van der Waals surface area contributed by atoms with Crippen molar-refractivity contribution >= 4 is 23.8 Å². The van der Waals surface area contributed by atoms with Crippen LogP contribution < -0.4 is 20.4 Å². The van der Waals surface area contributed by atoms with Crippen molar-refractivity contribution in [2.24, 2.45) is 15.9 Å². The lowest BCUT2D eigenvalue weighted by Crippen LogP contribution is -2.44. The van der Waals surface area contributed by atoms with Crippen LogP contribution in [-0.4, -0.2) is 72.6 Å². The van der Waals surface area contributed by atoms with Gasteiger partial charge in [0.2, 0.25) is 0 Å². The number of amides is 1. The predicted molar refractivity (Wildman–Crippen MR) is 169 cm³/mol. The minimum atomic E-state index is -0.698. The van der Waals surface area contributed by atoms with Gasteiger partial charge in [0.1, 0.15) is 23.5 Å². The van der Waals surface area contributed by atoms with E-state index in [1.54, 1.807) is 30.5 Å². The van der Waals surface area contributed by atoms with Crippen molar-refractivity contribution in [2.75, 3.05) is 38.2 Å². The summed E-state index contributed by atoms with van der Waals surface area (Å²) in [7, 11) is 1.44. The Morgan fingerprint density at radius 1 is 1.13 bits per heavy atom. The third kappa shape index (κ3) is 7.18. The van der Waals surface area contributed by atoms with Crippen LogP contribution in [0.1, 0.15) is 24.0 Å². The quantitative estimate of drug-likeness (QED) is 0.157. The van der Waals surface area contributed by atoms with E-state index in [9.17, 15) is 24.8 Å². The van der Waals surface area contributed by atoms with E-state index in [4.69, 9.17) is 14.9 Å². The van der Waals surface area contributed by atoms with Gasteiger partial charge in [-0.2, -0.15) is 10.5 Å². The Bertz CT molecular complexity index is 1800. The number of aromatic nitrogens is 1. The molecule has 0 saturated carbocycles. The van der Waals surface area contributed by atoms with Gasteiger partial charge in [-0.05, 0) is 54.8 Å². The predicted octanol–water partition coefficient (Wildman–Crippen LogP) is 3.73. The third-order valence-corrected chi connectivity index (χ3v) is 7.84. The number of nitrogens with one attached hydrogen (secondary N) is 2. The van der Waals surface area contributed by atoms with E-state index in [2.05, 4.69) is 26.3 Å². The van der Waals surface area contributed by atoms with Crippen molar-refractivity contribution < 1.29 is 24.2 Å². The normalized spacial score (nSPS) is 16.5. The second-order valence-corrected chi connectivity index (χ2v) is 10.8. The molecule has 46 heavy (non-hydrogen) atoms. The van der Waals surface area contributed by atoms with Gasteiger partial charge in [-0.1, -0.05) is 12.1 Å². The van der Waals surface area contributed by atoms with Gasteiger partial charge < -0.3 is 20.1 Å². The lowest BCUT2D eigenvalue weighted by molar-refractivity contribution is -0.124. The Morgan fingerprint density at radius 2 is 1.89 bits per heavy atom. The number of carbonyl (C=O) groups excluding carboxylic acids is 1. The molecule has 1 saturated heterocycles. The SMILES string of the molecule is COc1ccc(-c2c(C#N)cc(N3CCC(NCC4C=NC(/C=C/C(=O)NO)=NC4)CC3)nc2-c2ccc(C#N)c(F)c2)cc1O. The average Bonchev–Trinajstić information content (AvgIpc) is 3.09. The number of nitrogens with zero attached hydrogens (tertiary/aromatic N) is 6. The Morgan fingerprint density at radius 3 is 2.52 bits per heavy atom. The summed E-state index contributed by atoms with van der Waals surface area (Å²) < 4.78 is 20.0. The highest BCUT2D eigenvalue weighted by Gasteiger charge is 2.25. The zero-order valence-corrected chi connectivity index (χ0v) is 24.9. The molecule has 2 aromatic carbocycles. The van der Waals surface area contributed by atoms with E-state index in [1.165, 1.54) is 36.9 Å². The van der Waals surface area contributed by atoms with Gasteiger partial charge in [-0.15, -0.1) is 0 Å². The summed E-state index contributed by atoms with van der Waals surface area (Å²) in [4.78, 5) is 26.8. The summed E-state index contributed by atoms with van der Waals surface area (Å²) in [6.07, 6.45) is 6.02. The number of phenolic OH excluding ortho intramolecular Hbond substituents is 1. The van der Waals surface area contributed by atoms with Gasteiger partial charge in [0.15, 0.2) is 11.5 Å². The number of anilines is 1. The largest absolute Gasteiger partial charge is 0.504 e. The first-order valence-corrected chi connectivity index (χ1v) is 14.5. The Hall–Kier alpha value is -5.63. The number of piperidine rings is 1. The molecule has 4 N–H and O–H groups in total. The standard InChI is InChI=1S/C33H31FN8O4/c1-46-28-5-4-21(13-27(28)43)32-24(16-36)14-30(40-33(32)22-2-3-23(15-35)26(34)12-22)42-10-8-25(9-11-42)37-17-20-18-38-29(39-19-20)6-7-31(44)41-45/h2-7,12-14,18,20,25,37,43,45H,8-11,17,19H2,1H3,(H,41,44)/b7-6+. The lowest BCUT2D eigenvalue weighted by atomic mass is 9.93. The number of halogens is 1. The Labute approximate surface area is 264 Å². The number of amidine groups is 1. The van der Waals surface area contributed by atoms with Crippen LogP contribution in [0.3, 0.4) is 0 Å². The number of aliphatic imine (C=N–C) groups is 2. The fraction of sp³-hybridized carbons (Fsp3) is 0.273. The van der Waals surface area contributed by atoms with Crippen LogP contribution in [0.2, 0.25) is 0 Å². The molecule has 5 rings (SSSR count). The molecule has 0 spiro atoms. The van der Waals surface area contributed by atoms with Crippen LogP contribution in [0, 0.1) is 34.4 Å². The maximum atomic E-state index is 14.8. The van der Waals surface area contributed by atoms with Gasteiger partial charge in [-0.3, -0.25) is 15.0 Å². The van der Waals surface area contributed by atoms with Gasteiger partial charge >= 0.3 is 0 Å². The molecule has 1 aromatic heterocycles. The number of ether oxygens (including phenoxy) is 1. The highest BCUT2D eigenvalue weighted by molar-refractivity contribution is 6.03. The molecule has 3 aromatic rings. The van der Waals surface area contributed by atoms with Crippen LogP contribution in [0.5, 0.6) is 11.5 Å². The molecule has 1 amide bonds. The molecule has 2 aliphatic rings. The molecular weight excluding hydrogens is 591 g/mol. The maximum Gasteiger partial charge on any atom is 0.267 e. The molecular formula is C33H31FN8O4. The smallest absolute Gasteiger partial charge is 0.267 e. The molecule has 12 nitrogen and oxygen atoms in total. The van der Waals surface area contributed by atoms with Gasteiger partial charge in [0, 0.05) is 55.0 Å². The minimum absolute atomic E-state index is 0.0991. The Balaban J connectivity index is 1.33. The fourth-order valence-electron chi connectivity index (χ4n) is 5.39. The van der Waals surface area contributed by atoms with E-state index in [0.717, 1.165) is 18.9 Å². The van der Waals surface area contributed by atoms with Crippen molar-refractivity contribution in [1.29, 1.82) is 10.5 Å². The maximum absolute atomic E-state index is 14.8. The van der Waals surface area contributed by atoms with Crippen molar-refractivity contribution in [2.45, 2.75) is 18.9 Å². The van der Waals surface area contributed by atoms with Crippen molar-refractivity contribution in [3.05, 3.63) is 71.6 Å². The van der Waals surface area contributed by atoms with Crippen LogP contribution >= 0.6 is 0 Å². The summed E-state index contributed by atoms with van der Waals surface area (Å²) >= 11 is 0. The van der Waals surface area contributed by atoms with E-state index >= 15 is 0 Å². The van der Waals surface area contributed by atoms with E-state index in [0.29, 0.717) is 65.8 Å². The second kappa shape index (κ2) is 14.4. The lowest BCUT2D eigenvalue weighted by Gasteiger charge is -2.34. The summed E-state index contributed by atoms with van der Waals surface area (Å²) in [6, 6.07) is 15.0. The van der Waals surface area contributed by atoms with Crippen molar-refractivity contribution in [1.82, 2.24) is 15.8 Å². The second-order valence-electron chi connectivity index (χ2n) is 10.8. The highest BCUT2D eigenvalue weighted by atomic mass is 19.1. The van der Waals surface area contributed by atoms with Crippen LogP contribution in [0.25, 0.3) is 22.4 Å². The molecule has 0 bridgehead atoms. The monoisotopic (exact) mass is 622 g/mol. The number of aromatic hydroxyl groups is 1. The molecule has 1 atom stereocenters. The summed E-state index contributed by atoms with van der Waals surface area (Å²) in [5, 5.41) is 42.1. The number of carbonyl (C=O) groups is 1. The Kier molecular flexibility index (Phi) is 9.97. The first-order valence-electron chi connectivity index (χ1n) is 14.5. The summed E-state index contributed by atoms with van der Waals surface area (Å²) in [6.45, 7) is 2.53. The summed E-state index contributed by atoms with van der Waals surface area (Å²) in [5.41, 5.74) is 3.40. The first-order chi connectivity index (χ1) is 22.3. The number of rotatable bonds is 9. The first kappa shape index (κ1) is 31.8. The number of hydrogen-bond donors (Lipinski definition) is 4. The van der Waals surface area contributed by atoms with Crippen molar-refractivity contribution in [3.8, 4) is 46.0 Å². The highest BCUT2D eigenvalue weighted by Crippen LogP contribution is 2.40. The van der Waals surface area contributed by atoms with Crippen LogP contribution in [0.15, 0.2) is 64.6 Å². The number of methoxy groups -OCH3 is 1. The summed E-state index contributed by atoms with van der Waals surface area (Å²) in [5.74, 6) is -0.117. The molecule has 2 aliphatic heterocycles. The molecule has 1 fully saturated rings. The van der Waals surface area contributed by atoms with Crippen LogP contribution in [0.4, 0.5) is 10.2 Å². The molecule has 0 radical (unpaired) electrons. The average molecular weight is 623 g/mol. The minimum Gasteiger partial charge on any atom is -0.504 e. The molecule has 3 heterocycles. The number of phenols is 1. The third-order valence-electron chi connectivity index (χ3n) is 7.84. The zero-order valence-electron chi connectivity index (χ0n) is 24.9. The number of nitriles is 2. The number of benzene rings is 2. The number of hydrogen-bond acceptors (Lipinski definition) is 11. The fourth-order valence-corrected chi connectivity index (χ4v) is 5.39. The molecule has 0 aliphatic carbocycles. The van der Waals surface area contributed by atoms with Gasteiger partial charge in [0.25, 0.3) is 5.91 Å². The molecule has 1 unspecified atom stereocenters. The van der Waals surface area contributed by atoms with Gasteiger partial charge in [0.05, 0.1) is 36.5 Å². The molecule has 234 valence electrons.